The van der Waals surface area contributed by atoms with Gasteiger partial charge in [0.1, 0.15) is 17.6 Å². The monoisotopic (exact) mass is 362 g/mol. The first kappa shape index (κ1) is 22.2. The molecule has 0 aromatic heterocycles. The molecular formula is C19H38O4S. The summed E-state index contributed by atoms with van der Waals surface area (Å²) in [4.78, 5) is 0. The molecule has 4 nitrogen and oxygen atoms in total. The summed E-state index contributed by atoms with van der Waals surface area (Å²) in [6.45, 7) is 11.5. The second-order valence-electron chi connectivity index (χ2n) is 6.73. The molecule has 0 aromatic carbocycles. The van der Waals surface area contributed by atoms with Gasteiger partial charge in [-0.25, -0.2) is 0 Å². The summed E-state index contributed by atoms with van der Waals surface area (Å²) < 4.78 is 24.3. The van der Waals surface area contributed by atoms with Crippen LogP contribution in [0.1, 0.15) is 66.2 Å². The van der Waals surface area contributed by atoms with E-state index in [9.17, 15) is 0 Å². The van der Waals surface area contributed by atoms with Crippen LogP contribution in [-0.4, -0.2) is 50.2 Å². The van der Waals surface area contributed by atoms with Gasteiger partial charge < -0.3 is 18.9 Å². The Bertz CT molecular complexity index is 303. The first-order valence-corrected chi connectivity index (χ1v) is 10.3. The highest BCUT2D eigenvalue weighted by Crippen LogP contribution is 2.32. The van der Waals surface area contributed by atoms with Gasteiger partial charge in [-0.3, -0.25) is 0 Å². The molecule has 1 aliphatic heterocycles. The Morgan fingerprint density at radius 1 is 0.833 bits per heavy atom. The van der Waals surface area contributed by atoms with Crippen molar-refractivity contribution in [2.75, 3.05) is 26.4 Å². The van der Waals surface area contributed by atoms with Crippen LogP contribution in [0.3, 0.4) is 0 Å². The van der Waals surface area contributed by atoms with Crippen LogP contribution in [0, 0.1) is 5.92 Å². The summed E-state index contributed by atoms with van der Waals surface area (Å²) in [7, 11) is 0. The van der Waals surface area contributed by atoms with Gasteiger partial charge in [-0.2, -0.15) is 0 Å². The Hall–Kier alpha value is 0.190. The van der Waals surface area contributed by atoms with Crippen molar-refractivity contribution in [2.45, 2.75) is 90.0 Å². The van der Waals surface area contributed by atoms with Gasteiger partial charge in [-0.05, 0) is 19.3 Å². The molecule has 1 heterocycles. The average Bonchev–Trinajstić information content (AvgIpc) is 2.58. The zero-order valence-corrected chi connectivity index (χ0v) is 16.9. The standard InChI is InChI=1S/C19H38O4S/c1-5-8-11-20-14-16-18(22-13-10-7-3)17(21-12-9-6-2)15(4)19(24)23-16/h15-19,24H,5-14H2,1-4H3/t15-,16?,17?,18+,19-/m0/s1. The van der Waals surface area contributed by atoms with E-state index in [1.807, 2.05) is 0 Å². The van der Waals surface area contributed by atoms with Gasteiger partial charge in [0.15, 0.2) is 0 Å². The number of hydrogen-bond donors (Lipinski definition) is 1. The maximum Gasteiger partial charge on any atom is 0.112 e. The number of ether oxygens (including phenoxy) is 4. The molecule has 0 spiro atoms. The van der Waals surface area contributed by atoms with Crippen molar-refractivity contribution in [1.29, 1.82) is 0 Å². The van der Waals surface area contributed by atoms with E-state index in [1.165, 1.54) is 0 Å². The van der Waals surface area contributed by atoms with Gasteiger partial charge in [0.2, 0.25) is 0 Å². The van der Waals surface area contributed by atoms with Crippen LogP contribution in [0.4, 0.5) is 0 Å². The molecule has 1 aliphatic rings. The largest absolute Gasteiger partial charge is 0.379 e. The minimum absolute atomic E-state index is 0.0180. The zero-order valence-electron chi connectivity index (χ0n) is 16.0. The minimum Gasteiger partial charge on any atom is -0.379 e. The van der Waals surface area contributed by atoms with Crippen LogP contribution in [0.15, 0.2) is 0 Å². The van der Waals surface area contributed by atoms with E-state index in [-0.39, 0.29) is 29.7 Å². The molecule has 5 heteroatoms. The quantitative estimate of drug-likeness (QED) is 0.387. The Morgan fingerprint density at radius 2 is 1.38 bits per heavy atom. The van der Waals surface area contributed by atoms with Gasteiger partial charge in [0, 0.05) is 25.7 Å². The van der Waals surface area contributed by atoms with Gasteiger partial charge in [-0.15, -0.1) is 12.6 Å². The smallest absolute Gasteiger partial charge is 0.112 e. The molecule has 24 heavy (non-hydrogen) atoms. The number of hydrogen-bond acceptors (Lipinski definition) is 5. The average molecular weight is 363 g/mol. The lowest BCUT2D eigenvalue weighted by Crippen LogP contribution is -2.56. The normalized spacial score (nSPS) is 30.6. The van der Waals surface area contributed by atoms with Gasteiger partial charge in [0.25, 0.3) is 0 Å². The van der Waals surface area contributed by atoms with Crippen LogP contribution in [0.2, 0.25) is 0 Å². The van der Waals surface area contributed by atoms with Crippen LogP contribution < -0.4 is 0 Å². The molecule has 2 unspecified atom stereocenters. The summed E-state index contributed by atoms with van der Waals surface area (Å²) >= 11 is 4.62. The minimum atomic E-state index is -0.137. The summed E-state index contributed by atoms with van der Waals surface area (Å²) in [5, 5.41) is 0. The van der Waals surface area contributed by atoms with Gasteiger partial charge in [0.05, 0.1) is 12.7 Å². The molecule has 0 amide bonds. The lowest BCUT2D eigenvalue weighted by Gasteiger charge is -2.44. The molecule has 0 radical (unpaired) electrons. The molecule has 0 saturated carbocycles. The summed E-state index contributed by atoms with van der Waals surface area (Å²) in [6.07, 6.45) is 6.43. The van der Waals surface area contributed by atoms with E-state index in [2.05, 4.69) is 40.3 Å². The van der Waals surface area contributed by atoms with Crippen molar-refractivity contribution in [3.05, 3.63) is 0 Å². The second kappa shape index (κ2) is 13.4. The molecular weight excluding hydrogens is 324 g/mol. The SMILES string of the molecule is CCCCOCC1O[C@@H](S)[C@@H](C)C(OCCCC)[C@@H]1OCCCC. The highest BCUT2D eigenvalue weighted by Gasteiger charge is 2.44. The molecule has 1 saturated heterocycles. The van der Waals surface area contributed by atoms with Crippen LogP contribution in [0.5, 0.6) is 0 Å². The van der Waals surface area contributed by atoms with Crippen molar-refractivity contribution in [3.8, 4) is 0 Å². The number of thiol groups is 1. The predicted octanol–water partition coefficient (Wildman–Crippen LogP) is 4.46. The van der Waals surface area contributed by atoms with Crippen molar-refractivity contribution >= 4 is 12.6 Å². The summed E-state index contributed by atoms with van der Waals surface area (Å²) in [5.41, 5.74) is -0.137. The molecule has 5 atom stereocenters. The third-order valence-corrected chi connectivity index (χ3v) is 5.11. The van der Waals surface area contributed by atoms with Crippen molar-refractivity contribution < 1.29 is 18.9 Å². The number of unbranched alkanes of at least 4 members (excludes halogenated alkanes) is 3. The molecule has 0 aliphatic carbocycles. The third-order valence-electron chi connectivity index (χ3n) is 4.51. The van der Waals surface area contributed by atoms with Crippen LogP contribution in [-0.2, 0) is 18.9 Å². The fourth-order valence-electron chi connectivity index (χ4n) is 2.81. The maximum atomic E-state index is 6.20. The van der Waals surface area contributed by atoms with E-state index in [0.29, 0.717) is 6.61 Å². The Morgan fingerprint density at radius 3 is 1.96 bits per heavy atom. The molecule has 1 rings (SSSR count). The fourth-order valence-corrected chi connectivity index (χ4v) is 3.14. The van der Waals surface area contributed by atoms with Crippen LogP contribution >= 0.6 is 12.6 Å². The lowest BCUT2D eigenvalue weighted by molar-refractivity contribution is -0.217. The Balaban J connectivity index is 2.68. The molecule has 1 fully saturated rings. The van der Waals surface area contributed by atoms with E-state index in [0.717, 1.165) is 58.3 Å². The topological polar surface area (TPSA) is 36.9 Å². The summed E-state index contributed by atoms with van der Waals surface area (Å²) in [6, 6.07) is 0. The van der Waals surface area contributed by atoms with Gasteiger partial charge >= 0.3 is 0 Å². The van der Waals surface area contributed by atoms with Crippen LogP contribution in [0.25, 0.3) is 0 Å². The molecule has 0 bridgehead atoms. The Labute approximate surface area is 154 Å². The molecule has 144 valence electrons. The number of rotatable bonds is 13. The first-order chi connectivity index (χ1) is 11.7. The van der Waals surface area contributed by atoms with E-state index in [4.69, 9.17) is 18.9 Å². The van der Waals surface area contributed by atoms with Crippen molar-refractivity contribution in [3.63, 3.8) is 0 Å². The fraction of sp³-hybridized carbons (Fsp3) is 1.00. The Kier molecular flexibility index (Phi) is 12.4. The van der Waals surface area contributed by atoms with Gasteiger partial charge in [-0.1, -0.05) is 47.0 Å². The predicted molar refractivity (Wildman–Crippen MR) is 102 cm³/mol. The summed E-state index contributed by atoms with van der Waals surface area (Å²) in [5.74, 6) is 0.198. The molecule has 0 aromatic rings. The third kappa shape index (κ3) is 7.61. The van der Waals surface area contributed by atoms with E-state index < -0.39 is 0 Å². The highest BCUT2D eigenvalue weighted by molar-refractivity contribution is 7.80. The zero-order chi connectivity index (χ0) is 17.8. The lowest BCUT2D eigenvalue weighted by atomic mass is 9.93. The molecule has 0 N–H and O–H groups in total. The first-order valence-electron chi connectivity index (χ1n) is 9.80. The van der Waals surface area contributed by atoms with Crippen molar-refractivity contribution in [2.24, 2.45) is 5.92 Å². The second-order valence-corrected chi connectivity index (χ2v) is 7.24. The van der Waals surface area contributed by atoms with E-state index in [1.54, 1.807) is 0 Å². The maximum absolute atomic E-state index is 6.20. The highest BCUT2D eigenvalue weighted by atomic mass is 32.1. The van der Waals surface area contributed by atoms with Crippen molar-refractivity contribution in [1.82, 2.24) is 0 Å². The van der Waals surface area contributed by atoms with E-state index >= 15 is 0 Å².